The molecule has 0 atom stereocenters. The van der Waals surface area contributed by atoms with Crippen molar-refractivity contribution in [2.75, 3.05) is 0 Å². The lowest BCUT2D eigenvalue weighted by atomic mass is 9.77. The highest BCUT2D eigenvalue weighted by molar-refractivity contribution is 6.59. The smallest absolute Gasteiger partial charge is 0.491 e. The first-order chi connectivity index (χ1) is 9.38. The van der Waals surface area contributed by atoms with E-state index in [1.54, 1.807) is 45.0 Å². The Balaban J connectivity index is 3.53. The summed E-state index contributed by atoms with van der Waals surface area (Å²) >= 11 is 0. The first kappa shape index (κ1) is 15.8. The van der Waals surface area contributed by atoms with Crippen molar-refractivity contribution in [3.8, 4) is 17.9 Å². The average molecular weight is 270 g/mol. The highest BCUT2D eigenvalue weighted by atomic mass is 16.5. The van der Waals surface area contributed by atoms with Crippen molar-refractivity contribution in [2.45, 2.75) is 26.9 Å². The number of nitrogens with zero attached hydrogens (tertiary/aromatic N) is 2. The van der Waals surface area contributed by atoms with Crippen LogP contribution in [0.1, 0.15) is 25.0 Å². The molecule has 0 aliphatic heterocycles. The fourth-order valence-corrected chi connectivity index (χ4v) is 1.75. The largest absolute Gasteiger partial charge is 0.492 e. The van der Waals surface area contributed by atoms with Crippen molar-refractivity contribution >= 4 is 18.7 Å². The molecule has 20 heavy (non-hydrogen) atoms. The number of allylic oxidation sites excluding steroid dienone is 1. The van der Waals surface area contributed by atoms with Crippen LogP contribution in [0.4, 0.5) is 0 Å². The third-order valence-corrected chi connectivity index (χ3v) is 2.46. The summed E-state index contributed by atoms with van der Waals surface area (Å²) in [4.78, 5) is 0. The predicted molar refractivity (Wildman–Crippen MR) is 76.0 cm³/mol. The fourth-order valence-electron chi connectivity index (χ4n) is 1.75. The molecule has 2 N–H and O–H groups in total. The van der Waals surface area contributed by atoms with Crippen molar-refractivity contribution in [2.24, 2.45) is 0 Å². The van der Waals surface area contributed by atoms with E-state index in [9.17, 15) is 10.0 Å². The summed E-state index contributed by atoms with van der Waals surface area (Å²) in [6, 6.07) is 6.85. The van der Waals surface area contributed by atoms with E-state index in [4.69, 9.17) is 15.3 Å². The van der Waals surface area contributed by atoms with E-state index in [1.807, 2.05) is 0 Å². The minimum Gasteiger partial charge on any atom is -0.491 e. The van der Waals surface area contributed by atoms with Crippen molar-refractivity contribution in [3.63, 3.8) is 0 Å². The SMILES string of the molecule is Cc1cc(C=C(C#N)C#N)c(OC(C)C)c(B(O)O)c1. The summed E-state index contributed by atoms with van der Waals surface area (Å²) in [5, 5.41) is 36.5. The van der Waals surface area contributed by atoms with E-state index in [2.05, 4.69) is 0 Å². The number of nitriles is 2. The van der Waals surface area contributed by atoms with E-state index in [0.717, 1.165) is 5.56 Å². The van der Waals surface area contributed by atoms with Gasteiger partial charge in [0.2, 0.25) is 0 Å². The number of hydrogen-bond acceptors (Lipinski definition) is 5. The molecule has 1 aromatic carbocycles. The second-order valence-electron chi connectivity index (χ2n) is 4.59. The second-order valence-corrected chi connectivity index (χ2v) is 4.59. The molecule has 5 nitrogen and oxygen atoms in total. The molecule has 0 aromatic heterocycles. The Morgan fingerprint density at radius 2 is 1.90 bits per heavy atom. The van der Waals surface area contributed by atoms with Crippen molar-refractivity contribution in [1.29, 1.82) is 10.5 Å². The van der Waals surface area contributed by atoms with Gasteiger partial charge in [0, 0.05) is 11.0 Å². The molecule has 6 heteroatoms. The molecule has 0 radical (unpaired) electrons. The summed E-state index contributed by atoms with van der Waals surface area (Å²) in [6.45, 7) is 5.38. The topological polar surface area (TPSA) is 97.3 Å². The molecule has 0 aliphatic rings. The van der Waals surface area contributed by atoms with Gasteiger partial charge in [-0.1, -0.05) is 11.6 Å². The molecule has 0 spiro atoms. The van der Waals surface area contributed by atoms with Crippen LogP contribution in [0.25, 0.3) is 6.08 Å². The molecular weight excluding hydrogens is 255 g/mol. The summed E-state index contributed by atoms with van der Waals surface area (Å²) in [5.41, 5.74) is 1.37. The van der Waals surface area contributed by atoms with E-state index in [0.29, 0.717) is 5.56 Å². The van der Waals surface area contributed by atoms with Gasteiger partial charge in [0.05, 0.1) is 6.10 Å². The monoisotopic (exact) mass is 270 g/mol. The maximum absolute atomic E-state index is 9.44. The van der Waals surface area contributed by atoms with Gasteiger partial charge in [-0.25, -0.2) is 0 Å². The molecule has 102 valence electrons. The number of ether oxygens (including phenoxy) is 1. The van der Waals surface area contributed by atoms with E-state index >= 15 is 0 Å². The van der Waals surface area contributed by atoms with Gasteiger partial charge in [0.25, 0.3) is 0 Å². The van der Waals surface area contributed by atoms with Crippen LogP contribution >= 0.6 is 0 Å². The lowest BCUT2D eigenvalue weighted by molar-refractivity contribution is 0.243. The highest BCUT2D eigenvalue weighted by Crippen LogP contribution is 2.22. The van der Waals surface area contributed by atoms with Crippen LogP contribution in [-0.2, 0) is 0 Å². The number of aryl methyl sites for hydroxylation is 1. The number of benzene rings is 1. The summed E-state index contributed by atoms with van der Waals surface area (Å²) in [6.07, 6.45) is 1.19. The van der Waals surface area contributed by atoms with Crippen LogP contribution in [-0.4, -0.2) is 23.3 Å². The lowest BCUT2D eigenvalue weighted by Gasteiger charge is -2.17. The Hall–Kier alpha value is -2.28. The maximum atomic E-state index is 9.44. The highest BCUT2D eigenvalue weighted by Gasteiger charge is 2.21. The average Bonchev–Trinajstić information content (AvgIpc) is 2.37. The fraction of sp³-hybridized carbons (Fsp3) is 0.286. The summed E-state index contributed by atoms with van der Waals surface area (Å²) in [5.74, 6) is 0.267. The molecule has 0 bridgehead atoms. The molecule has 0 unspecified atom stereocenters. The van der Waals surface area contributed by atoms with Gasteiger partial charge >= 0.3 is 7.12 Å². The molecule has 1 rings (SSSR count). The van der Waals surface area contributed by atoms with Crippen molar-refractivity contribution in [3.05, 3.63) is 28.8 Å². The Morgan fingerprint density at radius 3 is 2.35 bits per heavy atom. The Labute approximate surface area is 118 Å². The third-order valence-electron chi connectivity index (χ3n) is 2.46. The Bertz CT molecular complexity index is 594. The summed E-state index contributed by atoms with van der Waals surface area (Å²) in [7, 11) is -1.69. The van der Waals surface area contributed by atoms with Gasteiger partial charge in [-0.3, -0.25) is 0 Å². The minimum atomic E-state index is -1.69. The zero-order valence-corrected chi connectivity index (χ0v) is 11.6. The van der Waals surface area contributed by atoms with Crippen molar-refractivity contribution in [1.82, 2.24) is 0 Å². The van der Waals surface area contributed by atoms with Gasteiger partial charge in [-0.2, -0.15) is 10.5 Å². The minimum absolute atomic E-state index is 0.0809. The molecule has 0 heterocycles. The van der Waals surface area contributed by atoms with E-state index in [1.165, 1.54) is 6.08 Å². The first-order valence-electron chi connectivity index (χ1n) is 6.08. The maximum Gasteiger partial charge on any atom is 0.492 e. The van der Waals surface area contributed by atoms with Crippen LogP contribution in [0.15, 0.2) is 17.7 Å². The van der Waals surface area contributed by atoms with Crippen LogP contribution in [0.2, 0.25) is 0 Å². The van der Waals surface area contributed by atoms with Crippen LogP contribution in [0.5, 0.6) is 5.75 Å². The van der Waals surface area contributed by atoms with Crippen LogP contribution in [0, 0.1) is 29.6 Å². The predicted octanol–water partition coefficient (Wildman–Crippen LogP) is 0.893. The quantitative estimate of drug-likeness (QED) is 0.625. The van der Waals surface area contributed by atoms with Crippen LogP contribution < -0.4 is 10.2 Å². The zero-order valence-electron chi connectivity index (χ0n) is 11.6. The standard InChI is InChI=1S/C14H15BN2O3/c1-9(2)20-14-12(6-11(7-16)8-17)4-10(3)5-13(14)15(18)19/h4-6,9,18-19H,1-3H3. The molecule has 0 aliphatic carbocycles. The van der Waals surface area contributed by atoms with Gasteiger partial charge in [-0.15, -0.1) is 0 Å². The number of hydrogen-bond donors (Lipinski definition) is 2. The van der Waals surface area contributed by atoms with Gasteiger partial charge < -0.3 is 14.8 Å². The molecule has 0 fully saturated rings. The number of rotatable bonds is 4. The normalized spacial score (nSPS) is 9.60. The summed E-state index contributed by atoms with van der Waals surface area (Å²) < 4.78 is 5.60. The molecule has 0 saturated heterocycles. The zero-order chi connectivity index (χ0) is 15.3. The van der Waals surface area contributed by atoms with E-state index < -0.39 is 7.12 Å². The van der Waals surface area contributed by atoms with Gasteiger partial charge in [0.1, 0.15) is 23.5 Å². The molecule has 0 saturated carbocycles. The Morgan fingerprint density at radius 1 is 1.30 bits per heavy atom. The first-order valence-corrected chi connectivity index (χ1v) is 6.08. The van der Waals surface area contributed by atoms with E-state index in [-0.39, 0.29) is 22.9 Å². The van der Waals surface area contributed by atoms with Gasteiger partial charge in [0.15, 0.2) is 0 Å². The molecule has 0 amide bonds. The lowest BCUT2D eigenvalue weighted by Crippen LogP contribution is -2.33. The van der Waals surface area contributed by atoms with Crippen molar-refractivity contribution < 1.29 is 14.8 Å². The Kier molecular flexibility index (Phi) is 5.34. The second kappa shape index (κ2) is 6.77. The van der Waals surface area contributed by atoms with Crippen LogP contribution in [0.3, 0.4) is 0 Å². The third kappa shape index (κ3) is 3.86. The van der Waals surface area contributed by atoms with Gasteiger partial charge in [-0.05, 0) is 32.9 Å². The molecular formula is C14H15BN2O3. The molecule has 1 aromatic rings.